The molecule has 2 N–H and O–H groups in total. The van der Waals surface area contributed by atoms with Gasteiger partial charge in [0, 0.05) is 25.3 Å². The second kappa shape index (κ2) is 7.68. The van der Waals surface area contributed by atoms with E-state index in [4.69, 9.17) is 5.11 Å². The van der Waals surface area contributed by atoms with Crippen molar-refractivity contribution in [2.45, 2.75) is 37.9 Å². The van der Waals surface area contributed by atoms with Crippen molar-refractivity contribution in [3.05, 3.63) is 23.9 Å². The Kier molecular flexibility index (Phi) is 6.54. The van der Waals surface area contributed by atoms with Crippen LogP contribution in [-0.2, 0) is 16.6 Å². The van der Waals surface area contributed by atoms with Crippen molar-refractivity contribution in [3.63, 3.8) is 0 Å². The molecule has 0 aliphatic heterocycles. The third-order valence-corrected chi connectivity index (χ3v) is 4.73. The standard InChI is InChI=1S/C13H23N3O3S/c1-4-11(2)16(3)8-7-15-20(18,19)13-6-5-12(10-17)9-14-13/h5-6,9,11,15,17H,4,7-8,10H2,1-3H3. The average Bonchev–Trinajstić information content (AvgIpc) is 2.46. The predicted molar refractivity (Wildman–Crippen MR) is 77.7 cm³/mol. The maximum atomic E-state index is 12.0. The van der Waals surface area contributed by atoms with Crippen molar-refractivity contribution in [3.8, 4) is 0 Å². The molecule has 0 aliphatic carbocycles. The molecule has 1 aromatic heterocycles. The normalized spacial score (nSPS) is 13.7. The predicted octanol–water partition coefficient (Wildman–Crippen LogP) is 0.582. The fourth-order valence-electron chi connectivity index (χ4n) is 1.63. The molecular formula is C13H23N3O3S. The molecule has 0 aromatic carbocycles. The number of aromatic nitrogens is 1. The van der Waals surface area contributed by atoms with Crippen LogP contribution in [0.4, 0.5) is 0 Å². The Balaban J connectivity index is 2.57. The summed E-state index contributed by atoms with van der Waals surface area (Å²) in [6, 6.07) is 3.36. The van der Waals surface area contributed by atoms with E-state index in [9.17, 15) is 8.42 Å². The number of rotatable bonds is 8. The summed E-state index contributed by atoms with van der Waals surface area (Å²) in [6.07, 6.45) is 2.38. The Labute approximate surface area is 120 Å². The highest BCUT2D eigenvalue weighted by Gasteiger charge is 2.15. The summed E-state index contributed by atoms with van der Waals surface area (Å²) in [6.45, 7) is 5.03. The zero-order chi connectivity index (χ0) is 15.2. The van der Waals surface area contributed by atoms with Gasteiger partial charge in [-0.1, -0.05) is 13.0 Å². The van der Waals surface area contributed by atoms with Gasteiger partial charge in [-0.3, -0.25) is 0 Å². The Bertz CT molecular complexity index is 502. The second-order valence-electron chi connectivity index (χ2n) is 4.80. The first-order chi connectivity index (χ1) is 9.40. The van der Waals surface area contributed by atoms with Crippen LogP contribution in [-0.4, -0.2) is 49.6 Å². The number of nitrogens with one attached hydrogen (secondary N) is 1. The minimum Gasteiger partial charge on any atom is -0.392 e. The molecule has 0 fully saturated rings. The summed E-state index contributed by atoms with van der Waals surface area (Å²) in [4.78, 5) is 5.95. The lowest BCUT2D eigenvalue weighted by molar-refractivity contribution is 0.256. The van der Waals surface area contributed by atoms with Crippen LogP contribution in [0.3, 0.4) is 0 Å². The number of hydrogen-bond acceptors (Lipinski definition) is 5. The Morgan fingerprint density at radius 1 is 1.45 bits per heavy atom. The summed E-state index contributed by atoms with van der Waals surface area (Å²) in [5, 5.41) is 8.87. The third kappa shape index (κ3) is 4.82. The summed E-state index contributed by atoms with van der Waals surface area (Å²) in [7, 11) is -1.61. The minimum absolute atomic E-state index is 0.0270. The molecule has 1 unspecified atom stereocenters. The fourth-order valence-corrected chi connectivity index (χ4v) is 2.57. The van der Waals surface area contributed by atoms with Crippen LogP contribution in [0.15, 0.2) is 23.4 Å². The van der Waals surface area contributed by atoms with Gasteiger partial charge in [0.1, 0.15) is 0 Å². The molecule has 1 heterocycles. The molecule has 0 radical (unpaired) electrons. The van der Waals surface area contributed by atoms with E-state index in [0.29, 0.717) is 24.7 Å². The van der Waals surface area contributed by atoms with Crippen LogP contribution in [0.5, 0.6) is 0 Å². The van der Waals surface area contributed by atoms with Gasteiger partial charge in [0.05, 0.1) is 6.61 Å². The van der Waals surface area contributed by atoms with Gasteiger partial charge in [0.2, 0.25) is 0 Å². The number of pyridine rings is 1. The van der Waals surface area contributed by atoms with Gasteiger partial charge in [-0.25, -0.2) is 18.1 Å². The van der Waals surface area contributed by atoms with Crippen molar-refractivity contribution in [2.75, 3.05) is 20.1 Å². The summed E-state index contributed by atoms with van der Waals surface area (Å²) < 4.78 is 26.5. The van der Waals surface area contributed by atoms with Gasteiger partial charge >= 0.3 is 0 Å². The van der Waals surface area contributed by atoms with Gasteiger partial charge in [-0.05, 0) is 32.0 Å². The van der Waals surface area contributed by atoms with E-state index in [1.54, 1.807) is 6.07 Å². The number of aliphatic hydroxyl groups excluding tert-OH is 1. The molecule has 6 nitrogen and oxygen atoms in total. The van der Waals surface area contributed by atoms with Crippen molar-refractivity contribution in [1.82, 2.24) is 14.6 Å². The SMILES string of the molecule is CCC(C)N(C)CCNS(=O)(=O)c1ccc(CO)cn1. The number of sulfonamides is 1. The molecule has 20 heavy (non-hydrogen) atoms. The zero-order valence-corrected chi connectivity index (χ0v) is 13.0. The summed E-state index contributed by atoms with van der Waals surface area (Å²) in [5.41, 5.74) is 0.584. The van der Waals surface area contributed by atoms with E-state index in [-0.39, 0.29) is 11.6 Å². The minimum atomic E-state index is -3.58. The molecule has 7 heteroatoms. The number of nitrogens with zero attached hydrogens (tertiary/aromatic N) is 2. The van der Waals surface area contributed by atoms with Gasteiger partial charge in [0.15, 0.2) is 5.03 Å². The number of aliphatic hydroxyl groups is 1. The first-order valence-electron chi connectivity index (χ1n) is 6.66. The highest BCUT2D eigenvalue weighted by atomic mass is 32.2. The van der Waals surface area contributed by atoms with E-state index in [1.807, 2.05) is 7.05 Å². The average molecular weight is 301 g/mol. The van der Waals surface area contributed by atoms with Crippen molar-refractivity contribution >= 4 is 10.0 Å². The fraction of sp³-hybridized carbons (Fsp3) is 0.615. The lowest BCUT2D eigenvalue weighted by atomic mass is 10.2. The van der Waals surface area contributed by atoms with Crippen molar-refractivity contribution < 1.29 is 13.5 Å². The van der Waals surface area contributed by atoms with Gasteiger partial charge in [0.25, 0.3) is 10.0 Å². The van der Waals surface area contributed by atoms with Crippen LogP contribution in [0.1, 0.15) is 25.8 Å². The van der Waals surface area contributed by atoms with Crippen LogP contribution < -0.4 is 4.72 Å². The highest BCUT2D eigenvalue weighted by Crippen LogP contribution is 2.06. The molecular weight excluding hydrogens is 278 g/mol. The Morgan fingerprint density at radius 3 is 2.65 bits per heavy atom. The molecule has 0 saturated heterocycles. The first-order valence-corrected chi connectivity index (χ1v) is 8.14. The quantitative estimate of drug-likeness (QED) is 0.734. The Morgan fingerprint density at radius 2 is 2.15 bits per heavy atom. The molecule has 0 amide bonds. The van der Waals surface area contributed by atoms with Gasteiger partial charge < -0.3 is 10.0 Å². The molecule has 0 aliphatic rings. The maximum Gasteiger partial charge on any atom is 0.258 e. The number of hydrogen-bond donors (Lipinski definition) is 2. The molecule has 1 aromatic rings. The summed E-state index contributed by atoms with van der Waals surface area (Å²) in [5.74, 6) is 0. The molecule has 114 valence electrons. The monoisotopic (exact) mass is 301 g/mol. The van der Waals surface area contributed by atoms with E-state index in [2.05, 4.69) is 28.5 Å². The first kappa shape index (κ1) is 17.0. The van der Waals surface area contributed by atoms with Gasteiger partial charge in [-0.2, -0.15) is 0 Å². The van der Waals surface area contributed by atoms with Crippen LogP contribution in [0.2, 0.25) is 0 Å². The third-order valence-electron chi connectivity index (χ3n) is 3.36. The van der Waals surface area contributed by atoms with E-state index in [1.165, 1.54) is 12.3 Å². The van der Waals surface area contributed by atoms with E-state index in [0.717, 1.165) is 6.42 Å². The van der Waals surface area contributed by atoms with Crippen molar-refractivity contribution in [1.29, 1.82) is 0 Å². The van der Waals surface area contributed by atoms with E-state index >= 15 is 0 Å². The van der Waals surface area contributed by atoms with Crippen LogP contribution >= 0.6 is 0 Å². The Hall–Kier alpha value is -1.02. The summed E-state index contributed by atoms with van der Waals surface area (Å²) >= 11 is 0. The maximum absolute atomic E-state index is 12.0. The van der Waals surface area contributed by atoms with E-state index < -0.39 is 10.0 Å². The lowest BCUT2D eigenvalue weighted by Gasteiger charge is -2.23. The molecule has 0 bridgehead atoms. The largest absolute Gasteiger partial charge is 0.392 e. The van der Waals surface area contributed by atoms with Crippen LogP contribution in [0, 0.1) is 0 Å². The zero-order valence-electron chi connectivity index (χ0n) is 12.2. The molecule has 0 spiro atoms. The van der Waals surface area contributed by atoms with Gasteiger partial charge in [-0.15, -0.1) is 0 Å². The lowest BCUT2D eigenvalue weighted by Crippen LogP contribution is -2.37. The molecule has 1 atom stereocenters. The number of likely N-dealkylation sites (N-methyl/N-ethyl adjacent to an activating group) is 1. The van der Waals surface area contributed by atoms with Crippen molar-refractivity contribution in [2.24, 2.45) is 0 Å². The van der Waals surface area contributed by atoms with Crippen LogP contribution in [0.25, 0.3) is 0 Å². The topological polar surface area (TPSA) is 82.5 Å². The molecule has 0 saturated carbocycles. The second-order valence-corrected chi connectivity index (χ2v) is 6.51. The highest BCUT2D eigenvalue weighted by molar-refractivity contribution is 7.89. The smallest absolute Gasteiger partial charge is 0.258 e. The molecule has 1 rings (SSSR count).